The van der Waals surface area contributed by atoms with E-state index in [-0.39, 0.29) is 6.04 Å². The van der Waals surface area contributed by atoms with Gasteiger partial charge in [-0.05, 0) is 19.9 Å². The molecule has 0 aliphatic carbocycles. The van der Waals surface area contributed by atoms with Crippen molar-refractivity contribution in [2.75, 3.05) is 0 Å². The summed E-state index contributed by atoms with van der Waals surface area (Å²) in [5.41, 5.74) is 2.14. The van der Waals surface area contributed by atoms with E-state index < -0.39 is 6.10 Å². The number of aryl methyl sites for hydroxylation is 1. The topological polar surface area (TPSA) is 55.9 Å². The maximum atomic E-state index is 10.8. The van der Waals surface area contributed by atoms with E-state index in [2.05, 4.69) is 10.2 Å². The second kappa shape index (κ2) is 5.16. The predicted octanol–water partition coefficient (Wildman–Crippen LogP) is 3.09. The van der Waals surface area contributed by atoms with Gasteiger partial charge in [0.2, 0.25) is 0 Å². The highest BCUT2D eigenvalue weighted by Crippen LogP contribution is 2.32. The first kappa shape index (κ1) is 14.1. The van der Waals surface area contributed by atoms with E-state index in [4.69, 9.17) is 11.6 Å². The van der Waals surface area contributed by atoms with Crippen LogP contribution in [-0.4, -0.2) is 24.7 Å². The number of aliphatic hydroxyl groups excluding tert-OH is 1. The molecule has 3 rings (SSSR count). The highest BCUT2D eigenvalue weighted by Gasteiger charge is 2.25. The average Bonchev–Trinajstić information content (AvgIpc) is 3.00. The lowest BCUT2D eigenvalue weighted by Gasteiger charge is -2.15. The Bertz CT molecular complexity index is 790. The second-order valence-corrected chi connectivity index (χ2v) is 5.75. The lowest BCUT2D eigenvalue weighted by Crippen LogP contribution is -2.13. The first-order chi connectivity index (χ1) is 10.0. The molecule has 0 saturated carbocycles. The lowest BCUT2D eigenvalue weighted by molar-refractivity contribution is 0.201. The molecule has 0 spiro atoms. The van der Waals surface area contributed by atoms with Crippen molar-refractivity contribution in [1.82, 2.24) is 19.6 Å². The van der Waals surface area contributed by atoms with Crippen molar-refractivity contribution in [3.8, 4) is 0 Å². The average molecular weight is 305 g/mol. The van der Waals surface area contributed by atoms with Crippen molar-refractivity contribution < 1.29 is 5.11 Å². The summed E-state index contributed by atoms with van der Waals surface area (Å²) in [6.07, 6.45) is 0.652. The second-order valence-electron chi connectivity index (χ2n) is 5.34. The zero-order valence-corrected chi connectivity index (χ0v) is 12.9. The first-order valence-electron chi connectivity index (χ1n) is 6.83. The van der Waals surface area contributed by atoms with Crippen molar-refractivity contribution in [3.63, 3.8) is 0 Å². The van der Waals surface area contributed by atoms with Crippen LogP contribution in [0.25, 0.3) is 10.9 Å². The Morgan fingerprint density at radius 2 is 1.95 bits per heavy atom. The summed E-state index contributed by atoms with van der Waals surface area (Å²) in [5, 5.41) is 20.8. The van der Waals surface area contributed by atoms with Crippen LogP contribution < -0.4 is 0 Å². The third-order valence-electron chi connectivity index (χ3n) is 3.58. The normalized spacial score (nSPS) is 13.2. The largest absolute Gasteiger partial charge is 0.380 e. The molecule has 0 aliphatic heterocycles. The molecular weight excluding hydrogens is 288 g/mol. The molecule has 1 unspecified atom stereocenters. The van der Waals surface area contributed by atoms with E-state index in [1.54, 1.807) is 15.6 Å². The number of fused-ring (bicyclic) bond motifs is 1. The summed E-state index contributed by atoms with van der Waals surface area (Å²) < 4.78 is 3.49. The van der Waals surface area contributed by atoms with E-state index in [9.17, 15) is 5.11 Å². The number of para-hydroxylation sites is 1. The summed E-state index contributed by atoms with van der Waals surface area (Å²) in [5.74, 6) is 0. The van der Waals surface area contributed by atoms with Crippen molar-refractivity contribution >= 4 is 22.5 Å². The van der Waals surface area contributed by atoms with Crippen LogP contribution in [-0.2, 0) is 7.05 Å². The van der Waals surface area contributed by atoms with Crippen LogP contribution in [0.1, 0.15) is 37.4 Å². The summed E-state index contributed by atoms with van der Waals surface area (Å²) in [4.78, 5) is 0. The SMILES string of the molecule is CC(C)n1ncc(Cl)c1C(O)c1nn(C)c2ccccc12. The number of nitrogens with zero attached hydrogens (tertiary/aromatic N) is 4. The van der Waals surface area contributed by atoms with Crippen LogP contribution in [0.5, 0.6) is 0 Å². The van der Waals surface area contributed by atoms with E-state index in [1.165, 1.54) is 0 Å². The Kier molecular flexibility index (Phi) is 3.47. The van der Waals surface area contributed by atoms with E-state index in [1.807, 2.05) is 45.2 Å². The van der Waals surface area contributed by atoms with Crippen molar-refractivity contribution in [1.29, 1.82) is 0 Å². The molecule has 6 heteroatoms. The van der Waals surface area contributed by atoms with Gasteiger partial charge in [-0.1, -0.05) is 29.8 Å². The van der Waals surface area contributed by atoms with Crippen LogP contribution in [0.4, 0.5) is 0 Å². The fourth-order valence-corrected chi connectivity index (χ4v) is 2.82. The summed E-state index contributed by atoms with van der Waals surface area (Å²) in [6, 6.07) is 7.91. The molecule has 0 bridgehead atoms. The molecule has 5 nitrogen and oxygen atoms in total. The maximum Gasteiger partial charge on any atom is 0.141 e. The van der Waals surface area contributed by atoms with Crippen molar-refractivity contribution in [2.45, 2.75) is 26.0 Å². The Morgan fingerprint density at radius 3 is 2.67 bits per heavy atom. The van der Waals surface area contributed by atoms with Crippen LogP contribution in [0, 0.1) is 0 Å². The molecule has 1 N–H and O–H groups in total. The van der Waals surface area contributed by atoms with E-state index in [0.717, 1.165) is 10.9 Å². The zero-order valence-electron chi connectivity index (χ0n) is 12.2. The van der Waals surface area contributed by atoms with E-state index in [0.29, 0.717) is 16.4 Å². The zero-order chi connectivity index (χ0) is 15.1. The van der Waals surface area contributed by atoms with Gasteiger partial charge in [-0.25, -0.2) is 0 Å². The Balaban J connectivity index is 2.17. The first-order valence-corrected chi connectivity index (χ1v) is 7.21. The number of hydrogen-bond donors (Lipinski definition) is 1. The number of benzene rings is 1. The third-order valence-corrected chi connectivity index (χ3v) is 3.87. The standard InChI is InChI=1S/C15H17ClN4O/c1-9(2)20-14(11(16)8-17-20)15(21)13-10-6-4-5-7-12(10)19(3)18-13/h4-9,15,21H,1-3H3. The molecule has 2 heterocycles. The molecule has 1 atom stereocenters. The van der Waals surface area contributed by atoms with Gasteiger partial charge < -0.3 is 5.11 Å². The van der Waals surface area contributed by atoms with Gasteiger partial charge in [0.15, 0.2) is 0 Å². The van der Waals surface area contributed by atoms with Gasteiger partial charge in [0, 0.05) is 18.5 Å². The minimum atomic E-state index is -0.909. The fourth-order valence-electron chi connectivity index (χ4n) is 2.59. The maximum absolute atomic E-state index is 10.8. The van der Waals surface area contributed by atoms with Gasteiger partial charge >= 0.3 is 0 Å². The molecule has 0 aliphatic rings. The quantitative estimate of drug-likeness (QED) is 0.809. The van der Waals surface area contributed by atoms with Crippen molar-refractivity contribution in [3.05, 3.63) is 46.9 Å². The smallest absolute Gasteiger partial charge is 0.141 e. The molecule has 0 fully saturated rings. The van der Waals surface area contributed by atoms with Gasteiger partial charge in [0.1, 0.15) is 11.8 Å². The van der Waals surface area contributed by atoms with Crippen molar-refractivity contribution in [2.24, 2.45) is 7.05 Å². The molecule has 3 aromatic rings. The summed E-state index contributed by atoms with van der Waals surface area (Å²) >= 11 is 6.21. The van der Waals surface area contributed by atoms with Crippen LogP contribution >= 0.6 is 11.6 Å². The van der Waals surface area contributed by atoms with E-state index >= 15 is 0 Å². The number of rotatable bonds is 3. The van der Waals surface area contributed by atoms with Gasteiger partial charge in [-0.2, -0.15) is 10.2 Å². The molecular formula is C15H17ClN4O. The predicted molar refractivity (Wildman–Crippen MR) is 82.4 cm³/mol. The Hall–Kier alpha value is -1.85. The molecule has 21 heavy (non-hydrogen) atoms. The number of halogens is 1. The van der Waals surface area contributed by atoms with Gasteiger partial charge in [0.25, 0.3) is 0 Å². The molecule has 2 aromatic heterocycles. The molecule has 110 valence electrons. The van der Waals surface area contributed by atoms with Gasteiger partial charge in [0.05, 0.1) is 22.4 Å². The van der Waals surface area contributed by atoms with Crippen LogP contribution in [0.2, 0.25) is 5.02 Å². The lowest BCUT2D eigenvalue weighted by atomic mass is 10.1. The highest BCUT2D eigenvalue weighted by atomic mass is 35.5. The summed E-state index contributed by atoms with van der Waals surface area (Å²) in [7, 11) is 1.86. The number of hydrogen-bond acceptors (Lipinski definition) is 3. The summed E-state index contributed by atoms with van der Waals surface area (Å²) in [6.45, 7) is 3.99. The fraction of sp³-hybridized carbons (Fsp3) is 0.333. The van der Waals surface area contributed by atoms with Gasteiger partial charge in [-0.15, -0.1) is 0 Å². The van der Waals surface area contributed by atoms with Gasteiger partial charge in [-0.3, -0.25) is 9.36 Å². The molecule has 0 radical (unpaired) electrons. The minimum absolute atomic E-state index is 0.108. The number of aromatic nitrogens is 4. The number of aliphatic hydroxyl groups is 1. The third kappa shape index (κ3) is 2.22. The minimum Gasteiger partial charge on any atom is -0.380 e. The molecule has 0 saturated heterocycles. The Labute approximate surface area is 127 Å². The van der Waals surface area contributed by atoms with Crippen LogP contribution in [0.3, 0.4) is 0 Å². The highest BCUT2D eigenvalue weighted by molar-refractivity contribution is 6.31. The Morgan fingerprint density at radius 1 is 1.24 bits per heavy atom. The monoisotopic (exact) mass is 304 g/mol. The molecule has 0 amide bonds. The molecule has 1 aromatic carbocycles. The van der Waals surface area contributed by atoms with Crippen LogP contribution in [0.15, 0.2) is 30.5 Å².